The molecule has 2 rings (SSSR count). The van der Waals surface area contributed by atoms with Gasteiger partial charge in [-0.2, -0.15) is 0 Å². The fraction of sp³-hybridized carbons (Fsp3) is 0.0833. The van der Waals surface area contributed by atoms with Crippen LogP contribution in [0.3, 0.4) is 0 Å². The van der Waals surface area contributed by atoms with Gasteiger partial charge in [-0.05, 0) is 30.7 Å². The minimum atomic E-state index is 1.04. The van der Waals surface area contributed by atoms with Crippen LogP contribution in [0.5, 0.6) is 0 Å². The Morgan fingerprint density at radius 2 is 2.15 bits per heavy atom. The van der Waals surface area contributed by atoms with E-state index in [-0.39, 0.29) is 0 Å². The van der Waals surface area contributed by atoms with E-state index >= 15 is 0 Å². The number of nitrogens with zero attached hydrogens (tertiary/aromatic N) is 1. The van der Waals surface area contributed by atoms with E-state index in [0.29, 0.717) is 0 Å². The van der Waals surface area contributed by atoms with Crippen LogP contribution in [0.25, 0.3) is 11.3 Å². The Morgan fingerprint density at radius 3 is 2.85 bits per heavy atom. The molecule has 0 aliphatic heterocycles. The number of aryl methyl sites for hydroxylation is 1. The molecule has 1 nitrogen and oxygen atoms in total. The van der Waals surface area contributed by atoms with Crippen molar-refractivity contribution in [3.63, 3.8) is 0 Å². The maximum Gasteiger partial charge on any atom is 0.0731 e. The van der Waals surface area contributed by atoms with Gasteiger partial charge in [0.25, 0.3) is 0 Å². The highest BCUT2D eigenvalue weighted by Gasteiger charge is 1.99. The van der Waals surface area contributed by atoms with Crippen molar-refractivity contribution in [1.29, 1.82) is 0 Å². The van der Waals surface area contributed by atoms with Gasteiger partial charge >= 0.3 is 0 Å². The predicted molar refractivity (Wildman–Crippen MR) is 53.2 cm³/mol. The smallest absolute Gasteiger partial charge is 0.0731 e. The highest BCUT2D eigenvalue weighted by molar-refractivity contribution is 5.61. The minimum Gasteiger partial charge on any atom is -0.256 e. The van der Waals surface area contributed by atoms with Crippen LogP contribution in [0, 0.1) is 13.0 Å². The summed E-state index contributed by atoms with van der Waals surface area (Å²) in [4.78, 5) is 4.33. The molecule has 0 aliphatic rings. The van der Waals surface area contributed by atoms with Crippen LogP contribution in [0.2, 0.25) is 0 Å². The Hall–Kier alpha value is -1.63. The van der Waals surface area contributed by atoms with Gasteiger partial charge in [-0.25, -0.2) is 0 Å². The normalized spacial score (nSPS) is 9.92. The molecule has 0 unspecified atom stereocenters. The Bertz CT molecular complexity index is 393. The van der Waals surface area contributed by atoms with Crippen molar-refractivity contribution in [1.82, 2.24) is 4.98 Å². The molecule has 0 amide bonds. The number of pyridine rings is 1. The summed E-state index contributed by atoms with van der Waals surface area (Å²) in [5.74, 6) is 0. The van der Waals surface area contributed by atoms with E-state index in [9.17, 15) is 0 Å². The third-order valence-electron chi connectivity index (χ3n) is 1.99. The van der Waals surface area contributed by atoms with Gasteiger partial charge in [0.1, 0.15) is 0 Å². The lowest BCUT2D eigenvalue weighted by Crippen LogP contribution is -1.85. The molecule has 0 saturated carbocycles. The zero-order valence-corrected chi connectivity index (χ0v) is 7.49. The Labute approximate surface area is 78.1 Å². The summed E-state index contributed by atoms with van der Waals surface area (Å²) in [6, 6.07) is 14.9. The first-order valence-electron chi connectivity index (χ1n) is 4.26. The molecule has 0 spiro atoms. The predicted octanol–water partition coefficient (Wildman–Crippen LogP) is 2.86. The molecule has 0 bridgehead atoms. The van der Waals surface area contributed by atoms with Gasteiger partial charge in [0.05, 0.1) is 5.69 Å². The number of benzene rings is 1. The number of aromatic nitrogens is 1. The maximum absolute atomic E-state index is 4.33. The SMILES string of the molecule is Cc1cccnc1-c1c[c]ccc1. The third-order valence-corrected chi connectivity index (χ3v) is 1.99. The van der Waals surface area contributed by atoms with Crippen molar-refractivity contribution >= 4 is 0 Å². The van der Waals surface area contributed by atoms with Gasteiger partial charge < -0.3 is 0 Å². The molecule has 1 aromatic heterocycles. The van der Waals surface area contributed by atoms with Crippen LogP contribution in [0.1, 0.15) is 5.56 Å². The standard InChI is InChI=1S/C12H10N/c1-10-6-5-9-13-12(10)11-7-3-2-4-8-11/h2-3,5-9H,1H3. The van der Waals surface area contributed by atoms with Gasteiger partial charge in [0.2, 0.25) is 0 Å². The van der Waals surface area contributed by atoms with Crippen LogP contribution in [-0.2, 0) is 0 Å². The topological polar surface area (TPSA) is 12.9 Å². The molecule has 1 heteroatoms. The molecular formula is C12H10N. The van der Waals surface area contributed by atoms with Crippen LogP contribution in [0.15, 0.2) is 42.6 Å². The van der Waals surface area contributed by atoms with Crippen LogP contribution in [-0.4, -0.2) is 4.98 Å². The highest BCUT2D eigenvalue weighted by atomic mass is 14.7. The average molecular weight is 168 g/mol. The Kier molecular flexibility index (Phi) is 2.09. The third kappa shape index (κ3) is 1.59. The fourth-order valence-electron chi connectivity index (χ4n) is 1.33. The van der Waals surface area contributed by atoms with Crippen LogP contribution >= 0.6 is 0 Å². The van der Waals surface area contributed by atoms with Crippen LogP contribution < -0.4 is 0 Å². The van der Waals surface area contributed by atoms with E-state index in [2.05, 4.69) is 24.0 Å². The Morgan fingerprint density at radius 1 is 1.23 bits per heavy atom. The van der Waals surface area contributed by atoms with Gasteiger partial charge in [-0.3, -0.25) is 4.98 Å². The first kappa shape index (κ1) is 7.99. The van der Waals surface area contributed by atoms with Crippen molar-refractivity contribution in [2.45, 2.75) is 6.92 Å². The lowest BCUT2D eigenvalue weighted by atomic mass is 10.1. The summed E-state index contributed by atoms with van der Waals surface area (Å²) >= 11 is 0. The van der Waals surface area contributed by atoms with Gasteiger partial charge in [0.15, 0.2) is 0 Å². The molecule has 0 atom stereocenters. The molecule has 13 heavy (non-hydrogen) atoms. The van der Waals surface area contributed by atoms with E-state index < -0.39 is 0 Å². The summed E-state index contributed by atoms with van der Waals surface area (Å²) in [5, 5.41) is 0. The second kappa shape index (κ2) is 3.40. The quantitative estimate of drug-likeness (QED) is 0.638. The zero-order valence-electron chi connectivity index (χ0n) is 7.49. The summed E-state index contributed by atoms with van der Waals surface area (Å²) in [5.41, 5.74) is 3.36. The Balaban J connectivity index is 2.54. The largest absolute Gasteiger partial charge is 0.256 e. The van der Waals surface area contributed by atoms with Crippen molar-refractivity contribution in [2.75, 3.05) is 0 Å². The number of rotatable bonds is 1. The minimum absolute atomic E-state index is 1.04. The molecule has 0 fully saturated rings. The van der Waals surface area contributed by atoms with E-state index in [0.717, 1.165) is 11.3 Å². The lowest BCUT2D eigenvalue weighted by Gasteiger charge is -2.02. The molecule has 2 aromatic rings. The molecule has 63 valence electrons. The molecular weight excluding hydrogens is 158 g/mol. The summed E-state index contributed by atoms with van der Waals surface area (Å²) < 4.78 is 0. The molecule has 0 N–H and O–H groups in total. The van der Waals surface area contributed by atoms with E-state index in [1.807, 2.05) is 36.5 Å². The molecule has 1 aromatic carbocycles. The monoisotopic (exact) mass is 168 g/mol. The van der Waals surface area contributed by atoms with Crippen LogP contribution in [0.4, 0.5) is 0 Å². The van der Waals surface area contributed by atoms with Crippen molar-refractivity contribution in [3.05, 3.63) is 54.2 Å². The number of hydrogen-bond acceptors (Lipinski definition) is 1. The number of hydrogen-bond donors (Lipinski definition) is 0. The van der Waals surface area contributed by atoms with Crippen molar-refractivity contribution in [3.8, 4) is 11.3 Å². The molecule has 0 saturated heterocycles. The van der Waals surface area contributed by atoms with Gasteiger partial charge in [-0.1, -0.05) is 24.3 Å². The molecule has 1 heterocycles. The molecule has 1 radical (unpaired) electrons. The molecule has 0 aliphatic carbocycles. The first-order valence-corrected chi connectivity index (χ1v) is 4.26. The van der Waals surface area contributed by atoms with Gasteiger partial charge in [-0.15, -0.1) is 0 Å². The summed E-state index contributed by atoms with van der Waals surface area (Å²) in [7, 11) is 0. The van der Waals surface area contributed by atoms with Crippen molar-refractivity contribution < 1.29 is 0 Å². The van der Waals surface area contributed by atoms with E-state index in [1.165, 1.54) is 5.56 Å². The van der Waals surface area contributed by atoms with Gasteiger partial charge in [0, 0.05) is 11.8 Å². The maximum atomic E-state index is 4.33. The van der Waals surface area contributed by atoms with E-state index in [1.54, 1.807) is 0 Å². The average Bonchev–Trinajstić information content (AvgIpc) is 2.20. The fourth-order valence-corrected chi connectivity index (χ4v) is 1.33. The zero-order chi connectivity index (χ0) is 9.10. The van der Waals surface area contributed by atoms with E-state index in [4.69, 9.17) is 0 Å². The summed E-state index contributed by atoms with van der Waals surface area (Å²) in [6.07, 6.45) is 1.81. The summed E-state index contributed by atoms with van der Waals surface area (Å²) in [6.45, 7) is 2.06. The highest BCUT2D eigenvalue weighted by Crippen LogP contribution is 2.18. The first-order chi connectivity index (χ1) is 6.38. The lowest BCUT2D eigenvalue weighted by molar-refractivity contribution is 1.27. The second-order valence-electron chi connectivity index (χ2n) is 2.96. The second-order valence-corrected chi connectivity index (χ2v) is 2.96. The van der Waals surface area contributed by atoms with Crippen molar-refractivity contribution in [2.24, 2.45) is 0 Å².